The lowest BCUT2D eigenvalue weighted by Gasteiger charge is -2.10. The highest BCUT2D eigenvalue weighted by atomic mass is 35.5. The first-order valence-electron chi connectivity index (χ1n) is 6.48. The Labute approximate surface area is 119 Å². The van der Waals surface area contributed by atoms with Crippen LogP contribution in [0, 0.1) is 0 Å². The Kier molecular flexibility index (Phi) is 8.45. The molecule has 0 atom stereocenters. The van der Waals surface area contributed by atoms with Gasteiger partial charge in [0.2, 0.25) is 5.88 Å². The Morgan fingerprint density at radius 1 is 1.16 bits per heavy atom. The minimum atomic E-state index is 0.455. The van der Waals surface area contributed by atoms with Crippen molar-refractivity contribution in [3.63, 3.8) is 0 Å². The highest BCUT2D eigenvalue weighted by Gasteiger charge is 2.10. The molecule has 0 radical (unpaired) electrons. The minimum absolute atomic E-state index is 0.455. The summed E-state index contributed by atoms with van der Waals surface area (Å²) in [5.41, 5.74) is 0.867. The molecule has 1 heterocycles. The molecule has 108 valence electrons. The Balaban J connectivity index is 2.30. The number of aromatic nitrogens is 2. The highest BCUT2D eigenvalue weighted by molar-refractivity contribution is 6.30. The molecular formula is C13H21ClN2O3. The molecule has 0 amide bonds. The van der Waals surface area contributed by atoms with E-state index in [9.17, 15) is 0 Å². The van der Waals surface area contributed by atoms with Crippen molar-refractivity contribution >= 4 is 11.6 Å². The molecule has 0 aliphatic rings. The highest BCUT2D eigenvalue weighted by Crippen LogP contribution is 2.23. The van der Waals surface area contributed by atoms with Crippen LogP contribution < -0.4 is 4.74 Å². The van der Waals surface area contributed by atoms with E-state index < -0.39 is 0 Å². The molecule has 0 saturated heterocycles. The van der Waals surface area contributed by atoms with Crippen molar-refractivity contribution in [3.05, 3.63) is 17.0 Å². The lowest BCUT2D eigenvalue weighted by atomic mass is 10.2. The van der Waals surface area contributed by atoms with Gasteiger partial charge in [-0.05, 0) is 12.8 Å². The molecule has 1 aromatic rings. The third-order valence-corrected chi connectivity index (χ3v) is 2.78. The molecule has 0 saturated carbocycles. The van der Waals surface area contributed by atoms with Crippen LogP contribution in [-0.2, 0) is 15.9 Å². The van der Waals surface area contributed by atoms with Gasteiger partial charge < -0.3 is 14.2 Å². The van der Waals surface area contributed by atoms with Crippen molar-refractivity contribution < 1.29 is 14.2 Å². The van der Waals surface area contributed by atoms with Crippen molar-refractivity contribution in [2.24, 2.45) is 0 Å². The quantitative estimate of drug-likeness (QED) is 0.489. The average molecular weight is 289 g/mol. The topological polar surface area (TPSA) is 53.5 Å². The fourth-order valence-corrected chi connectivity index (χ4v) is 1.78. The molecule has 19 heavy (non-hydrogen) atoms. The van der Waals surface area contributed by atoms with Crippen molar-refractivity contribution in [1.29, 1.82) is 0 Å². The van der Waals surface area contributed by atoms with Crippen LogP contribution in [0.25, 0.3) is 0 Å². The molecule has 1 aromatic heterocycles. The van der Waals surface area contributed by atoms with Gasteiger partial charge >= 0.3 is 0 Å². The lowest BCUT2D eigenvalue weighted by Crippen LogP contribution is -2.10. The van der Waals surface area contributed by atoms with Crippen molar-refractivity contribution in [2.75, 3.05) is 33.5 Å². The fourth-order valence-electron chi connectivity index (χ4n) is 1.57. The third kappa shape index (κ3) is 6.18. The smallest absolute Gasteiger partial charge is 0.221 e. The van der Waals surface area contributed by atoms with Crippen molar-refractivity contribution in [3.8, 4) is 5.88 Å². The summed E-state index contributed by atoms with van der Waals surface area (Å²) in [6.07, 6.45) is 4.08. The van der Waals surface area contributed by atoms with Gasteiger partial charge in [0.15, 0.2) is 0 Å². The van der Waals surface area contributed by atoms with Gasteiger partial charge in [-0.2, -0.15) is 0 Å². The molecule has 5 nitrogen and oxygen atoms in total. The molecule has 0 N–H and O–H groups in total. The van der Waals surface area contributed by atoms with E-state index in [0.717, 1.165) is 24.8 Å². The molecule has 0 unspecified atom stereocenters. The second kappa shape index (κ2) is 9.95. The first-order valence-corrected chi connectivity index (χ1v) is 6.86. The first-order chi connectivity index (χ1) is 9.29. The summed E-state index contributed by atoms with van der Waals surface area (Å²) in [4.78, 5) is 8.08. The molecule has 0 spiro atoms. The van der Waals surface area contributed by atoms with Crippen LogP contribution >= 0.6 is 11.6 Å². The summed E-state index contributed by atoms with van der Waals surface area (Å²) in [5.74, 6) is 0.558. The van der Waals surface area contributed by atoms with Gasteiger partial charge in [-0.1, -0.05) is 24.9 Å². The van der Waals surface area contributed by atoms with Gasteiger partial charge in [0, 0.05) is 20.3 Å². The lowest BCUT2D eigenvalue weighted by molar-refractivity contribution is 0.0792. The van der Waals surface area contributed by atoms with Gasteiger partial charge in [0.05, 0.1) is 12.2 Å². The Morgan fingerprint density at radius 2 is 2.00 bits per heavy atom. The zero-order chi connectivity index (χ0) is 13.9. The van der Waals surface area contributed by atoms with Crippen LogP contribution in [0.4, 0.5) is 0 Å². The summed E-state index contributed by atoms with van der Waals surface area (Å²) in [5, 5.41) is 0.466. The van der Waals surface area contributed by atoms with Crippen LogP contribution in [0.2, 0.25) is 5.15 Å². The Hall–Kier alpha value is -0.910. The number of rotatable bonds is 10. The number of methoxy groups -OCH3 is 1. The van der Waals surface area contributed by atoms with Crippen molar-refractivity contribution in [2.45, 2.75) is 26.2 Å². The van der Waals surface area contributed by atoms with Gasteiger partial charge in [0.1, 0.15) is 18.1 Å². The van der Waals surface area contributed by atoms with Gasteiger partial charge in [-0.15, -0.1) is 0 Å². The summed E-state index contributed by atoms with van der Waals surface area (Å²) in [6.45, 7) is 4.44. The number of nitrogens with zero attached hydrogens (tertiary/aromatic N) is 2. The van der Waals surface area contributed by atoms with Gasteiger partial charge in [0.25, 0.3) is 0 Å². The fraction of sp³-hybridized carbons (Fsp3) is 0.692. The van der Waals surface area contributed by atoms with Crippen LogP contribution in [0.1, 0.15) is 25.3 Å². The SMILES string of the molecule is CCCc1c(Cl)ncnc1OCCOCCCOC. The molecule has 0 fully saturated rings. The third-order valence-electron chi connectivity index (χ3n) is 2.46. The van der Waals surface area contributed by atoms with E-state index in [2.05, 4.69) is 16.9 Å². The maximum absolute atomic E-state index is 6.03. The summed E-state index contributed by atoms with van der Waals surface area (Å²) in [6, 6.07) is 0. The maximum Gasteiger partial charge on any atom is 0.221 e. The zero-order valence-corrected chi connectivity index (χ0v) is 12.3. The standard InChI is InChI=1S/C13H21ClN2O3/c1-3-5-11-12(14)15-10-16-13(11)19-9-8-18-7-4-6-17-2/h10H,3-9H2,1-2H3. The minimum Gasteiger partial charge on any atom is -0.475 e. The van der Waals surface area contributed by atoms with E-state index in [1.165, 1.54) is 6.33 Å². The monoisotopic (exact) mass is 288 g/mol. The maximum atomic E-state index is 6.03. The summed E-state index contributed by atoms with van der Waals surface area (Å²) in [7, 11) is 1.68. The van der Waals surface area contributed by atoms with E-state index in [0.29, 0.717) is 37.5 Å². The Bertz CT molecular complexity index is 364. The normalized spacial score (nSPS) is 10.7. The van der Waals surface area contributed by atoms with Crippen LogP contribution in [0.3, 0.4) is 0 Å². The van der Waals surface area contributed by atoms with Crippen molar-refractivity contribution in [1.82, 2.24) is 9.97 Å². The molecule has 1 rings (SSSR count). The molecule has 0 aromatic carbocycles. The predicted octanol–water partition coefficient (Wildman–Crippen LogP) is 2.51. The second-order valence-corrected chi connectivity index (χ2v) is 4.36. The van der Waals surface area contributed by atoms with Crippen LogP contribution in [0.5, 0.6) is 5.88 Å². The number of halogens is 1. The summed E-state index contributed by atoms with van der Waals surface area (Å²) < 4.78 is 15.9. The van der Waals surface area contributed by atoms with E-state index >= 15 is 0 Å². The first kappa shape index (κ1) is 16.1. The van der Waals surface area contributed by atoms with Crippen LogP contribution in [0.15, 0.2) is 6.33 Å². The van der Waals surface area contributed by atoms with E-state index in [1.807, 2.05) is 0 Å². The molecule has 0 aliphatic heterocycles. The Morgan fingerprint density at radius 3 is 2.74 bits per heavy atom. The molecule has 6 heteroatoms. The van der Waals surface area contributed by atoms with E-state index in [1.54, 1.807) is 7.11 Å². The molecule has 0 bridgehead atoms. The van der Waals surface area contributed by atoms with E-state index in [4.69, 9.17) is 25.8 Å². The van der Waals surface area contributed by atoms with E-state index in [-0.39, 0.29) is 0 Å². The van der Waals surface area contributed by atoms with Gasteiger partial charge in [-0.3, -0.25) is 0 Å². The molecular weight excluding hydrogens is 268 g/mol. The largest absolute Gasteiger partial charge is 0.475 e. The summed E-state index contributed by atoms with van der Waals surface area (Å²) >= 11 is 6.03. The van der Waals surface area contributed by atoms with Crippen LogP contribution in [-0.4, -0.2) is 43.5 Å². The molecule has 0 aliphatic carbocycles. The van der Waals surface area contributed by atoms with Gasteiger partial charge in [-0.25, -0.2) is 9.97 Å². The predicted molar refractivity (Wildman–Crippen MR) is 73.8 cm³/mol. The number of hydrogen-bond acceptors (Lipinski definition) is 5. The second-order valence-electron chi connectivity index (χ2n) is 4.01. The zero-order valence-electron chi connectivity index (χ0n) is 11.5. The number of ether oxygens (including phenoxy) is 3. The average Bonchev–Trinajstić information content (AvgIpc) is 2.41. The number of hydrogen-bond donors (Lipinski definition) is 0.